The van der Waals surface area contributed by atoms with Crippen molar-refractivity contribution in [3.05, 3.63) is 41.4 Å². The number of halogens is 1. The number of carbonyl (C=O) groups is 3. The molecule has 0 saturated heterocycles. The standard InChI is InChI=1S/C19H24FN3O8S/c1-4-30-17(25)15-10(2)21-19(27)22-14(15)9-31-18(26)16(11(3)24)23-32(28,29)13-7-5-12(20)6-8-13/h5-8,10-11,16,23-24H,4,9H2,1-3H3,(H2,21,22,27). The minimum Gasteiger partial charge on any atom is -0.463 e. The van der Waals surface area contributed by atoms with E-state index in [0.29, 0.717) is 0 Å². The Bertz CT molecular complexity index is 1010. The topological polar surface area (TPSA) is 160 Å². The van der Waals surface area contributed by atoms with E-state index in [2.05, 4.69) is 10.6 Å². The van der Waals surface area contributed by atoms with Crippen LogP contribution in [0, 0.1) is 5.82 Å². The van der Waals surface area contributed by atoms with Crippen LogP contribution in [0.5, 0.6) is 0 Å². The zero-order valence-electron chi connectivity index (χ0n) is 17.5. The maximum Gasteiger partial charge on any atom is 0.338 e. The average molecular weight is 473 g/mol. The Kier molecular flexibility index (Phi) is 8.30. The Labute approximate surface area is 184 Å². The minimum atomic E-state index is -4.30. The number of carbonyl (C=O) groups excluding carboxylic acids is 3. The van der Waals surface area contributed by atoms with Crippen LogP contribution in [0.2, 0.25) is 0 Å². The molecular weight excluding hydrogens is 449 g/mol. The lowest BCUT2D eigenvalue weighted by Crippen LogP contribution is -2.51. The molecule has 0 saturated carbocycles. The smallest absolute Gasteiger partial charge is 0.338 e. The molecule has 13 heteroatoms. The molecule has 2 rings (SSSR count). The molecule has 1 aliphatic heterocycles. The molecule has 1 aromatic carbocycles. The van der Waals surface area contributed by atoms with Crippen LogP contribution in [0.25, 0.3) is 0 Å². The Balaban J connectivity index is 2.20. The molecule has 3 atom stereocenters. The van der Waals surface area contributed by atoms with Crippen LogP contribution < -0.4 is 15.4 Å². The van der Waals surface area contributed by atoms with Crippen LogP contribution in [-0.4, -0.2) is 62.9 Å². The fourth-order valence-corrected chi connectivity index (χ4v) is 4.08. The van der Waals surface area contributed by atoms with E-state index in [1.807, 2.05) is 4.72 Å². The summed E-state index contributed by atoms with van der Waals surface area (Å²) in [5, 5.41) is 14.7. The van der Waals surface area contributed by atoms with E-state index >= 15 is 0 Å². The van der Waals surface area contributed by atoms with Crippen molar-refractivity contribution in [3.63, 3.8) is 0 Å². The van der Waals surface area contributed by atoms with Gasteiger partial charge in [-0.05, 0) is 45.0 Å². The molecule has 0 bridgehead atoms. The lowest BCUT2D eigenvalue weighted by Gasteiger charge is -2.27. The molecule has 0 radical (unpaired) electrons. The predicted molar refractivity (Wildman–Crippen MR) is 108 cm³/mol. The number of ether oxygens (including phenoxy) is 2. The molecule has 4 N–H and O–H groups in total. The highest BCUT2D eigenvalue weighted by molar-refractivity contribution is 7.89. The van der Waals surface area contributed by atoms with Crippen molar-refractivity contribution in [1.29, 1.82) is 0 Å². The van der Waals surface area contributed by atoms with Crippen LogP contribution in [-0.2, 0) is 29.1 Å². The summed E-state index contributed by atoms with van der Waals surface area (Å²) in [7, 11) is -4.30. The molecule has 11 nitrogen and oxygen atoms in total. The molecule has 1 aliphatic rings. The van der Waals surface area contributed by atoms with Gasteiger partial charge in [-0.15, -0.1) is 0 Å². The van der Waals surface area contributed by atoms with E-state index in [9.17, 15) is 32.3 Å². The van der Waals surface area contributed by atoms with E-state index in [4.69, 9.17) is 9.47 Å². The van der Waals surface area contributed by atoms with Crippen LogP contribution in [0.3, 0.4) is 0 Å². The third kappa shape index (κ3) is 6.24. The lowest BCUT2D eigenvalue weighted by atomic mass is 10.0. The number of nitrogens with one attached hydrogen (secondary N) is 3. The highest BCUT2D eigenvalue weighted by Gasteiger charge is 2.33. The highest BCUT2D eigenvalue weighted by Crippen LogP contribution is 2.16. The summed E-state index contributed by atoms with van der Waals surface area (Å²) in [5.41, 5.74) is -0.0153. The van der Waals surface area contributed by atoms with Gasteiger partial charge in [-0.1, -0.05) is 0 Å². The summed E-state index contributed by atoms with van der Waals surface area (Å²) in [5.74, 6) is -2.55. The van der Waals surface area contributed by atoms with Gasteiger partial charge in [-0.2, -0.15) is 4.72 Å². The number of urea groups is 1. The maximum absolute atomic E-state index is 13.1. The molecule has 0 spiro atoms. The Morgan fingerprint density at radius 3 is 2.44 bits per heavy atom. The van der Waals surface area contributed by atoms with Gasteiger partial charge >= 0.3 is 18.0 Å². The van der Waals surface area contributed by atoms with E-state index in [0.717, 1.165) is 31.2 Å². The van der Waals surface area contributed by atoms with Gasteiger partial charge < -0.3 is 25.2 Å². The van der Waals surface area contributed by atoms with Crippen molar-refractivity contribution >= 4 is 28.0 Å². The molecular formula is C19H24FN3O8S. The first kappa shape index (κ1) is 25.2. The molecule has 0 aromatic heterocycles. The lowest BCUT2D eigenvalue weighted by molar-refractivity contribution is -0.147. The van der Waals surface area contributed by atoms with Crippen molar-refractivity contribution in [2.75, 3.05) is 13.2 Å². The fourth-order valence-electron chi connectivity index (χ4n) is 2.82. The monoisotopic (exact) mass is 473 g/mol. The largest absolute Gasteiger partial charge is 0.463 e. The normalized spacial score (nSPS) is 18.3. The van der Waals surface area contributed by atoms with Gasteiger partial charge in [0.15, 0.2) is 0 Å². The number of aliphatic hydroxyl groups excluding tert-OH is 1. The SMILES string of the molecule is CCOC(=O)C1=C(COC(=O)C(NS(=O)(=O)c2ccc(F)cc2)C(C)O)NC(=O)NC1C. The van der Waals surface area contributed by atoms with Crippen molar-refractivity contribution in [2.24, 2.45) is 0 Å². The van der Waals surface area contributed by atoms with Gasteiger partial charge in [0, 0.05) is 0 Å². The number of hydrogen-bond donors (Lipinski definition) is 4. The van der Waals surface area contributed by atoms with Crippen LogP contribution in [0.1, 0.15) is 20.8 Å². The van der Waals surface area contributed by atoms with Gasteiger partial charge in [-0.3, -0.25) is 4.79 Å². The van der Waals surface area contributed by atoms with Crippen molar-refractivity contribution in [3.8, 4) is 0 Å². The molecule has 2 amide bonds. The summed E-state index contributed by atoms with van der Waals surface area (Å²) in [6.07, 6.45) is -1.50. The summed E-state index contributed by atoms with van der Waals surface area (Å²) in [6.45, 7) is 3.77. The molecule has 1 heterocycles. The van der Waals surface area contributed by atoms with E-state index in [1.165, 1.54) is 6.92 Å². The van der Waals surface area contributed by atoms with Crippen molar-refractivity contribution in [2.45, 2.75) is 43.9 Å². The Hall–Kier alpha value is -3.03. The van der Waals surface area contributed by atoms with Gasteiger partial charge in [0.25, 0.3) is 0 Å². The molecule has 176 valence electrons. The molecule has 1 aromatic rings. The first-order valence-electron chi connectivity index (χ1n) is 9.56. The van der Waals surface area contributed by atoms with Crippen LogP contribution >= 0.6 is 0 Å². The van der Waals surface area contributed by atoms with Crippen LogP contribution in [0.15, 0.2) is 40.4 Å². The number of hydrogen-bond acceptors (Lipinski definition) is 8. The second kappa shape index (κ2) is 10.5. The highest BCUT2D eigenvalue weighted by atomic mass is 32.2. The summed E-state index contributed by atoms with van der Waals surface area (Å²) < 4.78 is 50.0. The summed E-state index contributed by atoms with van der Waals surface area (Å²) in [6, 6.07) is 0.742. The van der Waals surface area contributed by atoms with E-state index in [1.54, 1.807) is 6.92 Å². The summed E-state index contributed by atoms with van der Waals surface area (Å²) >= 11 is 0. The third-order valence-corrected chi connectivity index (χ3v) is 5.82. The summed E-state index contributed by atoms with van der Waals surface area (Å²) in [4.78, 5) is 36.2. The van der Waals surface area contributed by atoms with Gasteiger partial charge in [-0.25, -0.2) is 22.4 Å². The van der Waals surface area contributed by atoms with Gasteiger partial charge in [0.05, 0.1) is 34.9 Å². The first-order valence-corrected chi connectivity index (χ1v) is 11.0. The molecule has 0 fully saturated rings. The number of rotatable bonds is 9. The number of amides is 2. The number of esters is 2. The average Bonchev–Trinajstić information content (AvgIpc) is 2.70. The third-order valence-electron chi connectivity index (χ3n) is 4.37. The molecule has 32 heavy (non-hydrogen) atoms. The second-order valence-electron chi connectivity index (χ2n) is 6.83. The zero-order chi connectivity index (χ0) is 24.1. The Morgan fingerprint density at radius 1 is 1.25 bits per heavy atom. The van der Waals surface area contributed by atoms with Gasteiger partial charge in [0.2, 0.25) is 10.0 Å². The number of benzene rings is 1. The van der Waals surface area contributed by atoms with E-state index in [-0.39, 0.29) is 22.8 Å². The first-order chi connectivity index (χ1) is 15.0. The van der Waals surface area contributed by atoms with E-state index < -0.39 is 58.6 Å². The van der Waals surface area contributed by atoms with Crippen LogP contribution in [0.4, 0.5) is 9.18 Å². The van der Waals surface area contributed by atoms with Crippen molar-refractivity contribution in [1.82, 2.24) is 15.4 Å². The van der Waals surface area contributed by atoms with Crippen molar-refractivity contribution < 1.29 is 41.8 Å². The zero-order valence-corrected chi connectivity index (χ0v) is 18.4. The number of sulfonamides is 1. The minimum absolute atomic E-state index is 0.0275. The second-order valence-corrected chi connectivity index (χ2v) is 8.55. The quantitative estimate of drug-likeness (QED) is 0.362. The molecule has 3 unspecified atom stereocenters. The predicted octanol–water partition coefficient (Wildman–Crippen LogP) is -0.0849. The maximum atomic E-state index is 13.1. The molecule has 0 aliphatic carbocycles. The fraction of sp³-hybridized carbons (Fsp3) is 0.421. The van der Waals surface area contributed by atoms with Gasteiger partial charge in [0.1, 0.15) is 18.5 Å². The number of aliphatic hydroxyl groups is 1. The Morgan fingerprint density at radius 2 is 1.88 bits per heavy atom.